The minimum atomic E-state index is 0.292. The lowest BCUT2D eigenvalue weighted by Gasteiger charge is -2.24. The van der Waals surface area contributed by atoms with E-state index in [2.05, 4.69) is 30.4 Å². The molecule has 2 aliphatic rings. The Morgan fingerprint density at radius 1 is 1.33 bits per heavy atom. The van der Waals surface area contributed by atoms with Gasteiger partial charge >= 0.3 is 0 Å². The molecule has 98 valence electrons. The van der Waals surface area contributed by atoms with Gasteiger partial charge in [0, 0.05) is 6.42 Å². The summed E-state index contributed by atoms with van der Waals surface area (Å²) in [4.78, 5) is 0. The number of fused-ring (bicyclic) bond motifs is 1. The number of hydrogen-bond acceptors (Lipinski definition) is 3. The number of rotatable bonds is 3. The average Bonchev–Trinajstić information content (AvgIpc) is 2.99. The predicted molar refractivity (Wildman–Crippen MR) is 71.0 cm³/mol. The second kappa shape index (κ2) is 4.90. The van der Waals surface area contributed by atoms with Gasteiger partial charge in [-0.15, -0.1) is 0 Å². The first-order valence-corrected chi connectivity index (χ1v) is 6.86. The van der Waals surface area contributed by atoms with Crippen molar-refractivity contribution >= 4 is 0 Å². The number of hydrogen-bond donors (Lipinski definition) is 1. The van der Waals surface area contributed by atoms with E-state index in [9.17, 15) is 0 Å². The molecule has 1 aromatic carbocycles. The Bertz CT molecular complexity index is 433. The number of ether oxygens (including phenoxy) is 2. The highest BCUT2D eigenvalue weighted by atomic mass is 16.5. The van der Waals surface area contributed by atoms with Crippen LogP contribution in [0.25, 0.3) is 0 Å². The van der Waals surface area contributed by atoms with Crippen molar-refractivity contribution in [1.82, 2.24) is 5.32 Å². The lowest BCUT2D eigenvalue weighted by atomic mass is 9.97. The molecule has 3 unspecified atom stereocenters. The van der Waals surface area contributed by atoms with Crippen LogP contribution in [0.4, 0.5) is 0 Å². The van der Waals surface area contributed by atoms with E-state index in [0.29, 0.717) is 18.2 Å². The minimum Gasteiger partial charge on any atom is -0.493 e. The van der Waals surface area contributed by atoms with Crippen LogP contribution >= 0.6 is 0 Å². The molecule has 0 bridgehead atoms. The Balaban J connectivity index is 1.83. The third kappa shape index (κ3) is 2.13. The van der Waals surface area contributed by atoms with Crippen LogP contribution in [0.3, 0.4) is 0 Å². The average molecular weight is 247 g/mol. The van der Waals surface area contributed by atoms with Gasteiger partial charge in [-0.2, -0.15) is 0 Å². The molecular formula is C15H21NO2. The Labute approximate surface area is 108 Å². The summed E-state index contributed by atoms with van der Waals surface area (Å²) in [5.41, 5.74) is 2.65. The molecule has 0 saturated carbocycles. The van der Waals surface area contributed by atoms with Gasteiger partial charge in [0.2, 0.25) is 0 Å². The van der Waals surface area contributed by atoms with Gasteiger partial charge < -0.3 is 14.8 Å². The molecule has 3 rings (SSSR count). The molecule has 0 radical (unpaired) electrons. The van der Waals surface area contributed by atoms with Gasteiger partial charge in [0.15, 0.2) is 0 Å². The molecule has 2 heterocycles. The quantitative estimate of drug-likeness (QED) is 0.890. The minimum absolute atomic E-state index is 0.292. The summed E-state index contributed by atoms with van der Waals surface area (Å²) < 4.78 is 11.6. The van der Waals surface area contributed by atoms with E-state index in [1.54, 1.807) is 0 Å². The number of likely N-dealkylation sites (N-methyl/N-ethyl adjacent to an activating group) is 1. The smallest absolute Gasteiger partial charge is 0.122 e. The Hall–Kier alpha value is -1.06. The van der Waals surface area contributed by atoms with Crippen molar-refractivity contribution in [3.63, 3.8) is 0 Å². The summed E-state index contributed by atoms with van der Waals surface area (Å²) in [6.07, 6.45) is 4.02. The molecule has 0 aliphatic carbocycles. The first-order chi connectivity index (χ1) is 8.78. The van der Waals surface area contributed by atoms with Gasteiger partial charge in [-0.25, -0.2) is 0 Å². The maximum atomic E-state index is 5.99. The van der Waals surface area contributed by atoms with Crippen LogP contribution < -0.4 is 10.1 Å². The SMILES string of the molecule is CNC(c1ccc2c(c1)CCO2)C1CCC(C)O1. The number of nitrogens with one attached hydrogen (secondary N) is 1. The van der Waals surface area contributed by atoms with E-state index < -0.39 is 0 Å². The molecule has 0 spiro atoms. The molecule has 1 aromatic rings. The zero-order valence-corrected chi connectivity index (χ0v) is 11.1. The molecular weight excluding hydrogens is 226 g/mol. The van der Waals surface area contributed by atoms with Crippen molar-refractivity contribution in [2.45, 2.75) is 44.4 Å². The molecule has 2 aliphatic heterocycles. The zero-order valence-electron chi connectivity index (χ0n) is 11.1. The van der Waals surface area contributed by atoms with Crippen LogP contribution in [0.15, 0.2) is 18.2 Å². The molecule has 0 amide bonds. The summed E-state index contributed by atoms with van der Waals surface area (Å²) >= 11 is 0. The van der Waals surface area contributed by atoms with Gasteiger partial charge in [0.1, 0.15) is 5.75 Å². The Morgan fingerprint density at radius 3 is 2.94 bits per heavy atom. The molecule has 0 aromatic heterocycles. The molecule has 1 saturated heterocycles. The zero-order chi connectivity index (χ0) is 12.5. The van der Waals surface area contributed by atoms with Gasteiger partial charge in [-0.3, -0.25) is 0 Å². The first kappa shape index (κ1) is 12.0. The maximum absolute atomic E-state index is 5.99. The van der Waals surface area contributed by atoms with Crippen LogP contribution in [0, 0.1) is 0 Å². The standard InChI is InChI=1S/C15H21NO2/c1-10-3-5-14(18-10)15(16-2)12-4-6-13-11(9-12)7-8-17-13/h4,6,9-10,14-16H,3,5,7-8H2,1-2H3. The lowest BCUT2D eigenvalue weighted by Crippen LogP contribution is -2.29. The molecule has 18 heavy (non-hydrogen) atoms. The highest BCUT2D eigenvalue weighted by Crippen LogP contribution is 2.33. The molecule has 1 fully saturated rings. The van der Waals surface area contributed by atoms with Crippen molar-refractivity contribution in [1.29, 1.82) is 0 Å². The van der Waals surface area contributed by atoms with E-state index in [4.69, 9.17) is 9.47 Å². The van der Waals surface area contributed by atoms with Gasteiger partial charge in [-0.05, 0) is 44.0 Å². The highest BCUT2D eigenvalue weighted by Gasteiger charge is 2.30. The topological polar surface area (TPSA) is 30.5 Å². The fourth-order valence-corrected chi connectivity index (χ4v) is 3.05. The van der Waals surface area contributed by atoms with Gasteiger partial charge in [-0.1, -0.05) is 12.1 Å². The largest absolute Gasteiger partial charge is 0.493 e. The van der Waals surface area contributed by atoms with E-state index in [-0.39, 0.29) is 0 Å². The lowest BCUT2D eigenvalue weighted by molar-refractivity contribution is 0.0333. The third-order valence-electron chi connectivity index (χ3n) is 4.02. The molecule has 3 atom stereocenters. The Kier molecular flexibility index (Phi) is 3.27. The van der Waals surface area contributed by atoms with Crippen LogP contribution in [-0.4, -0.2) is 25.9 Å². The number of benzene rings is 1. The van der Waals surface area contributed by atoms with E-state index >= 15 is 0 Å². The summed E-state index contributed by atoms with van der Waals surface area (Å²) in [5.74, 6) is 1.05. The van der Waals surface area contributed by atoms with Crippen molar-refractivity contribution in [3.8, 4) is 5.75 Å². The second-order valence-corrected chi connectivity index (χ2v) is 5.29. The van der Waals surface area contributed by atoms with Crippen LogP contribution in [0.5, 0.6) is 5.75 Å². The molecule has 3 heteroatoms. The monoisotopic (exact) mass is 247 g/mol. The highest BCUT2D eigenvalue weighted by molar-refractivity contribution is 5.41. The van der Waals surface area contributed by atoms with E-state index in [1.807, 2.05) is 7.05 Å². The van der Waals surface area contributed by atoms with Crippen LogP contribution in [0.1, 0.15) is 36.9 Å². The van der Waals surface area contributed by atoms with E-state index in [0.717, 1.165) is 31.6 Å². The first-order valence-electron chi connectivity index (χ1n) is 6.86. The van der Waals surface area contributed by atoms with Crippen molar-refractivity contribution < 1.29 is 9.47 Å². The van der Waals surface area contributed by atoms with Crippen LogP contribution in [-0.2, 0) is 11.2 Å². The fourth-order valence-electron chi connectivity index (χ4n) is 3.05. The molecule has 3 nitrogen and oxygen atoms in total. The van der Waals surface area contributed by atoms with Crippen molar-refractivity contribution in [3.05, 3.63) is 29.3 Å². The van der Waals surface area contributed by atoms with Gasteiger partial charge in [0.05, 0.1) is 24.9 Å². The normalized spacial score (nSPS) is 27.9. The van der Waals surface area contributed by atoms with Crippen molar-refractivity contribution in [2.75, 3.05) is 13.7 Å². The third-order valence-corrected chi connectivity index (χ3v) is 4.02. The van der Waals surface area contributed by atoms with Crippen molar-refractivity contribution in [2.24, 2.45) is 0 Å². The van der Waals surface area contributed by atoms with Crippen LogP contribution in [0.2, 0.25) is 0 Å². The summed E-state index contributed by atoms with van der Waals surface area (Å²) in [5, 5.41) is 3.41. The maximum Gasteiger partial charge on any atom is 0.122 e. The van der Waals surface area contributed by atoms with E-state index in [1.165, 1.54) is 11.1 Å². The van der Waals surface area contributed by atoms with Gasteiger partial charge in [0.25, 0.3) is 0 Å². The fraction of sp³-hybridized carbons (Fsp3) is 0.600. The Morgan fingerprint density at radius 2 is 2.22 bits per heavy atom. The second-order valence-electron chi connectivity index (χ2n) is 5.29. The predicted octanol–water partition coefficient (Wildman–Crippen LogP) is 2.45. The summed E-state index contributed by atoms with van der Waals surface area (Å²) in [7, 11) is 2.01. The summed E-state index contributed by atoms with van der Waals surface area (Å²) in [6.45, 7) is 2.98. The molecule has 1 N–H and O–H groups in total. The summed E-state index contributed by atoms with van der Waals surface area (Å²) in [6, 6.07) is 6.83.